The van der Waals surface area contributed by atoms with E-state index >= 15 is 0 Å². The highest BCUT2D eigenvalue weighted by Gasteiger charge is 2.28. The lowest BCUT2D eigenvalue weighted by Gasteiger charge is -2.12. The van der Waals surface area contributed by atoms with Crippen molar-refractivity contribution in [2.45, 2.75) is 39.5 Å². The molecule has 2 aromatic heterocycles. The fourth-order valence-corrected chi connectivity index (χ4v) is 5.54. The monoisotopic (exact) mass is 447 g/mol. The number of rotatable bonds is 5. The number of aryl methyl sites for hydroxylation is 2. The molecule has 0 radical (unpaired) electrons. The number of aromatic nitrogens is 1. The number of amides is 1. The second-order valence-corrected chi connectivity index (χ2v) is 8.94. The zero-order valence-corrected chi connectivity index (χ0v) is 19.3. The second-order valence-electron chi connectivity index (χ2n) is 7.83. The van der Waals surface area contributed by atoms with Crippen LogP contribution < -0.4 is 5.32 Å². The average molecular weight is 448 g/mol. The predicted molar refractivity (Wildman–Crippen MR) is 127 cm³/mol. The van der Waals surface area contributed by atoms with Crippen LogP contribution in [-0.2, 0) is 29.4 Å². The molecular weight excluding hydrogens is 422 g/mol. The first kappa shape index (κ1) is 21.8. The van der Waals surface area contributed by atoms with Gasteiger partial charge in [0.2, 0.25) is 0 Å². The number of para-hydroxylation sites is 1. The summed E-state index contributed by atoms with van der Waals surface area (Å²) in [6.07, 6.45) is 5.38. The van der Waals surface area contributed by atoms with Gasteiger partial charge in [-0.1, -0.05) is 18.2 Å². The Labute approximate surface area is 191 Å². The summed E-state index contributed by atoms with van der Waals surface area (Å²) >= 11 is 1.41. The zero-order chi connectivity index (χ0) is 22.8. The van der Waals surface area contributed by atoms with E-state index in [0.717, 1.165) is 58.3 Å². The van der Waals surface area contributed by atoms with Crippen molar-refractivity contribution in [2.24, 2.45) is 7.05 Å². The number of nitrogens with one attached hydrogen (secondary N) is 1. The van der Waals surface area contributed by atoms with Gasteiger partial charge in [0.15, 0.2) is 0 Å². The van der Waals surface area contributed by atoms with Crippen molar-refractivity contribution in [2.75, 3.05) is 11.9 Å². The highest BCUT2D eigenvalue weighted by atomic mass is 32.1. The van der Waals surface area contributed by atoms with E-state index in [0.29, 0.717) is 10.6 Å². The summed E-state index contributed by atoms with van der Waals surface area (Å²) in [5.74, 6) is -0.946. The quantitative estimate of drug-likeness (QED) is 0.333. The van der Waals surface area contributed by atoms with Crippen molar-refractivity contribution < 1.29 is 14.3 Å². The third kappa shape index (κ3) is 3.82. The molecule has 1 amide bonds. The predicted octanol–water partition coefficient (Wildman–Crippen LogP) is 5.15. The Hall–Kier alpha value is -3.37. The van der Waals surface area contributed by atoms with E-state index < -0.39 is 11.9 Å². The molecule has 3 aromatic rings. The number of carbonyl (C=O) groups is 2. The molecule has 1 N–H and O–H groups in total. The maximum absolute atomic E-state index is 13.1. The maximum atomic E-state index is 13.1. The fourth-order valence-electron chi connectivity index (χ4n) is 4.27. The van der Waals surface area contributed by atoms with E-state index in [1.54, 1.807) is 13.0 Å². The molecule has 0 bridgehead atoms. The number of carbonyl (C=O) groups excluding carboxylic acids is 2. The molecule has 0 saturated carbocycles. The van der Waals surface area contributed by atoms with Gasteiger partial charge < -0.3 is 14.6 Å². The summed E-state index contributed by atoms with van der Waals surface area (Å²) in [5.41, 5.74) is 4.24. The summed E-state index contributed by atoms with van der Waals surface area (Å²) in [7, 11) is 1.96. The Morgan fingerprint density at radius 3 is 2.78 bits per heavy atom. The Bertz CT molecular complexity index is 1290. The van der Waals surface area contributed by atoms with Crippen LogP contribution in [0.5, 0.6) is 0 Å². The van der Waals surface area contributed by atoms with E-state index in [1.807, 2.05) is 48.9 Å². The van der Waals surface area contributed by atoms with Crippen LogP contribution >= 0.6 is 11.3 Å². The van der Waals surface area contributed by atoms with E-state index in [-0.39, 0.29) is 12.2 Å². The molecule has 4 rings (SSSR count). The summed E-state index contributed by atoms with van der Waals surface area (Å²) < 4.78 is 7.30. The van der Waals surface area contributed by atoms with Gasteiger partial charge in [0, 0.05) is 34.1 Å². The highest BCUT2D eigenvalue weighted by Crippen LogP contribution is 2.39. The smallest absolute Gasteiger partial charge is 0.341 e. The van der Waals surface area contributed by atoms with E-state index in [9.17, 15) is 14.9 Å². The Morgan fingerprint density at radius 2 is 2.03 bits per heavy atom. The maximum Gasteiger partial charge on any atom is 0.341 e. The molecule has 6 nitrogen and oxygen atoms in total. The number of anilines is 1. The largest absolute Gasteiger partial charge is 0.462 e. The lowest BCUT2D eigenvalue weighted by molar-refractivity contribution is -0.112. The minimum atomic E-state index is -0.524. The first-order valence-electron chi connectivity index (χ1n) is 10.7. The number of thiophene rings is 1. The number of hydrogen-bond acceptors (Lipinski definition) is 5. The standard InChI is InChI=1S/C25H25N3O3S/c1-4-31-25(30)22-18-10-6-8-12-21(18)32-24(22)27-23(29)16(14-26)13-19-15(2)28(3)20-11-7-5-9-17(19)20/h5,7,9,11,13H,4,6,8,10,12H2,1-3H3,(H,27,29)/b16-13+. The minimum absolute atomic E-state index is 0.00867. The third-order valence-electron chi connectivity index (χ3n) is 5.98. The lowest BCUT2D eigenvalue weighted by atomic mass is 9.95. The molecule has 0 spiro atoms. The van der Waals surface area contributed by atoms with Crippen molar-refractivity contribution in [3.63, 3.8) is 0 Å². The van der Waals surface area contributed by atoms with E-state index in [1.165, 1.54) is 11.3 Å². The molecule has 0 atom stereocenters. The van der Waals surface area contributed by atoms with Gasteiger partial charge in [0.05, 0.1) is 12.2 Å². The van der Waals surface area contributed by atoms with Gasteiger partial charge in [-0.3, -0.25) is 4.79 Å². The molecule has 1 aliphatic carbocycles. The normalized spacial score (nSPS) is 13.5. The zero-order valence-electron chi connectivity index (χ0n) is 18.4. The van der Waals surface area contributed by atoms with Crippen LogP contribution in [-0.4, -0.2) is 23.1 Å². The number of ether oxygens (including phenoxy) is 1. The highest BCUT2D eigenvalue weighted by molar-refractivity contribution is 7.17. The molecule has 0 saturated heterocycles. The second kappa shape index (κ2) is 9.01. The van der Waals surface area contributed by atoms with Crippen molar-refractivity contribution in [3.8, 4) is 6.07 Å². The van der Waals surface area contributed by atoms with Crippen LogP contribution in [0.25, 0.3) is 17.0 Å². The van der Waals surface area contributed by atoms with Gasteiger partial charge in [0.25, 0.3) is 5.91 Å². The van der Waals surface area contributed by atoms with Gasteiger partial charge in [-0.25, -0.2) is 4.79 Å². The summed E-state index contributed by atoms with van der Waals surface area (Å²) in [6.45, 7) is 3.99. The molecular formula is C25H25N3O3S. The van der Waals surface area contributed by atoms with E-state index in [4.69, 9.17) is 4.74 Å². The number of fused-ring (bicyclic) bond motifs is 2. The van der Waals surface area contributed by atoms with Gasteiger partial charge in [0.1, 0.15) is 16.6 Å². The lowest BCUT2D eigenvalue weighted by Crippen LogP contribution is -2.16. The summed E-state index contributed by atoms with van der Waals surface area (Å²) in [5, 5.41) is 14.0. The third-order valence-corrected chi connectivity index (χ3v) is 7.19. The minimum Gasteiger partial charge on any atom is -0.462 e. The fraction of sp³-hybridized carbons (Fsp3) is 0.320. The van der Waals surface area contributed by atoms with Crippen molar-refractivity contribution in [1.82, 2.24) is 4.57 Å². The Kier molecular flexibility index (Phi) is 6.15. The number of nitriles is 1. The molecule has 32 heavy (non-hydrogen) atoms. The number of esters is 1. The Balaban J connectivity index is 1.71. The van der Waals surface area contributed by atoms with Gasteiger partial charge in [-0.05, 0) is 57.2 Å². The number of hydrogen-bond donors (Lipinski definition) is 1. The van der Waals surface area contributed by atoms with Crippen LogP contribution in [0.4, 0.5) is 5.00 Å². The first-order valence-corrected chi connectivity index (χ1v) is 11.6. The Morgan fingerprint density at radius 1 is 1.28 bits per heavy atom. The SMILES string of the molecule is CCOC(=O)c1c(NC(=O)/C(C#N)=C/c2c(C)n(C)c3ccccc23)sc2c1CCCC2. The van der Waals surface area contributed by atoms with Crippen LogP contribution in [0.15, 0.2) is 29.8 Å². The van der Waals surface area contributed by atoms with Crippen LogP contribution in [0, 0.1) is 18.3 Å². The molecule has 0 fully saturated rings. The number of benzene rings is 1. The first-order chi connectivity index (χ1) is 15.5. The van der Waals surface area contributed by atoms with Crippen molar-refractivity contribution in [1.29, 1.82) is 5.26 Å². The van der Waals surface area contributed by atoms with Gasteiger partial charge in [-0.2, -0.15) is 5.26 Å². The summed E-state index contributed by atoms with van der Waals surface area (Å²) in [4.78, 5) is 26.9. The van der Waals surface area contributed by atoms with Crippen molar-refractivity contribution >= 4 is 45.2 Å². The van der Waals surface area contributed by atoms with Crippen LogP contribution in [0.3, 0.4) is 0 Å². The van der Waals surface area contributed by atoms with E-state index in [2.05, 4.69) is 5.32 Å². The molecule has 2 heterocycles. The molecule has 0 aliphatic heterocycles. The topological polar surface area (TPSA) is 84.1 Å². The number of nitrogens with zero attached hydrogens (tertiary/aromatic N) is 2. The molecule has 1 aromatic carbocycles. The van der Waals surface area contributed by atoms with Crippen molar-refractivity contribution in [3.05, 3.63) is 57.1 Å². The van der Waals surface area contributed by atoms with Crippen LogP contribution in [0.2, 0.25) is 0 Å². The molecule has 1 aliphatic rings. The van der Waals surface area contributed by atoms with Crippen LogP contribution in [0.1, 0.15) is 51.8 Å². The van der Waals surface area contributed by atoms with Gasteiger partial charge in [-0.15, -0.1) is 11.3 Å². The molecule has 164 valence electrons. The molecule has 7 heteroatoms. The summed E-state index contributed by atoms with van der Waals surface area (Å²) in [6, 6.07) is 9.92. The molecule has 0 unspecified atom stereocenters. The van der Waals surface area contributed by atoms with Gasteiger partial charge >= 0.3 is 5.97 Å². The average Bonchev–Trinajstić information content (AvgIpc) is 3.27.